The van der Waals surface area contributed by atoms with E-state index in [2.05, 4.69) is 13.8 Å². The molecule has 0 rings (SSSR count). The van der Waals surface area contributed by atoms with Gasteiger partial charge in [-0.3, -0.25) is 0 Å². The fraction of sp³-hybridized carbons (Fsp3) is 1.00. The first-order chi connectivity index (χ1) is 5.68. The molecule has 12 heavy (non-hydrogen) atoms. The van der Waals surface area contributed by atoms with Crippen molar-refractivity contribution < 1.29 is 14.9 Å². The Morgan fingerprint density at radius 2 is 1.50 bits per heavy atom. The lowest BCUT2D eigenvalue weighted by molar-refractivity contribution is 0.110. The number of aliphatic hydroxyl groups is 2. The summed E-state index contributed by atoms with van der Waals surface area (Å²) in [6.07, 6.45) is 1.72. The highest BCUT2D eigenvalue weighted by atomic mass is 16.5. The highest BCUT2D eigenvalue weighted by Gasteiger charge is 1.83. The van der Waals surface area contributed by atoms with Gasteiger partial charge in [0, 0.05) is 13.2 Å². The maximum Gasteiger partial charge on any atom is 0.0742 e. The molecule has 1 atom stereocenters. The van der Waals surface area contributed by atoms with Crippen LogP contribution in [0.4, 0.5) is 0 Å². The van der Waals surface area contributed by atoms with Crippen LogP contribution in [0.3, 0.4) is 0 Å². The summed E-state index contributed by atoms with van der Waals surface area (Å²) < 4.78 is 5.13. The lowest BCUT2D eigenvalue weighted by atomic mass is 10.5. The van der Waals surface area contributed by atoms with Crippen molar-refractivity contribution in [3.8, 4) is 0 Å². The van der Waals surface area contributed by atoms with Crippen LogP contribution in [0, 0.1) is 0 Å². The van der Waals surface area contributed by atoms with E-state index in [1.165, 1.54) is 6.92 Å². The van der Waals surface area contributed by atoms with Gasteiger partial charge in [0.05, 0.1) is 12.7 Å². The summed E-state index contributed by atoms with van der Waals surface area (Å²) in [5.74, 6) is 0. The standard InChI is InChI=1S/C6H14O.C3H8O2/c1-3-5-7-6-4-2;1-3(5)2-4/h3-6H2,1-2H3;3-5H,2H2,1H3. The molecule has 0 aromatic heterocycles. The van der Waals surface area contributed by atoms with Gasteiger partial charge in [-0.25, -0.2) is 0 Å². The van der Waals surface area contributed by atoms with Crippen LogP contribution in [-0.2, 0) is 4.74 Å². The summed E-state index contributed by atoms with van der Waals surface area (Å²) in [5.41, 5.74) is 0. The smallest absolute Gasteiger partial charge is 0.0742 e. The van der Waals surface area contributed by atoms with Gasteiger partial charge in [0.2, 0.25) is 0 Å². The molecule has 0 amide bonds. The van der Waals surface area contributed by atoms with E-state index >= 15 is 0 Å². The summed E-state index contributed by atoms with van der Waals surface area (Å²) in [4.78, 5) is 0. The van der Waals surface area contributed by atoms with Crippen LogP contribution in [0.1, 0.15) is 33.6 Å². The summed E-state index contributed by atoms with van der Waals surface area (Å²) in [5, 5.41) is 16.0. The third-order valence-corrected chi connectivity index (χ3v) is 0.961. The molecule has 2 N–H and O–H groups in total. The Labute approximate surface area is 75.4 Å². The number of aliphatic hydroxyl groups excluding tert-OH is 2. The molecule has 0 spiro atoms. The molecule has 76 valence electrons. The van der Waals surface area contributed by atoms with Gasteiger partial charge in [0.25, 0.3) is 0 Å². The quantitative estimate of drug-likeness (QED) is 0.622. The van der Waals surface area contributed by atoms with Crippen LogP contribution in [0.25, 0.3) is 0 Å². The van der Waals surface area contributed by atoms with Gasteiger partial charge in [-0.2, -0.15) is 0 Å². The molecule has 0 aliphatic rings. The second-order valence-electron chi connectivity index (χ2n) is 2.64. The van der Waals surface area contributed by atoms with Crippen molar-refractivity contribution >= 4 is 0 Å². The maximum absolute atomic E-state index is 8.11. The Hall–Kier alpha value is -0.120. The predicted octanol–water partition coefficient (Wildman–Crippen LogP) is 1.18. The van der Waals surface area contributed by atoms with Gasteiger partial charge in [0.1, 0.15) is 0 Å². The van der Waals surface area contributed by atoms with E-state index < -0.39 is 6.10 Å². The average Bonchev–Trinajstić information content (AvgIpc) is 2.07. The normalized spacial score (nSPS) is 11.8. The molecule has 1 unspecified atom stereocenters. The van der Waals surface area contributed by atoms with E-state index in [9.17, 15) is 0 Å². The number of ether oxygens (including phenoxy) is 1. The molecular formula is C9H22O3. The second-order valence-corrected chi connectivity index (χ2v) is 2.64. The van der Waals surface area contributed by atoms with E-state index in [0.717, 1.165) is 26.1 Å². The van der Waals surface area contributed by atoms with E-state index in [4.69, 9.17) is 14.9 Å². The average molecular weight is 178 g/mol. The first kappa shape index (κ1) is 14.4. The summed E-state index contributed by atoms with van der Waals surface area (Å²) in [6, 6.07) is 0. The minimum atomic E-state index is -0.560. The monoisotopic (exact) mass is 178 g/mol. The van der Waals surface area contributed by atoms with E-state index in [1.807, 2.05) is 0 Å². The third-order valence-electron chi connectivity index (χ3n) is 0.961. The van der Waals surface area contributed by atoms with Crippen LogP contribution >= 0.6 is 0 Å². The fourth-order valence-electron chi connectivity index (χ4n) is 0.391. The molecule has 0 bridgehead atoms. The lowest BCUT2D eigenvalue weighted by Crippen LogP contribution is -2.03. The number of hydrogen-bond donors (Lipinski definition) is 2. The Morgan fingerprint density at radius 3 is 1.67 bits per heavy atom. The van der Waals surface area contributed by atoms with Gasteiger partial charge < -0.3 is 14.9 Å². The van der Waals surface area contributed by atoms with Crippen LogP contribution in [-0.4, -0.2) is 36.1 Å². The van der Waals surface area contributed by atoms with Crippen molar-refractivity contribution in [1.29, 1.82) is 0 Å². The zero-order chi connectivity index (χ0) is 9.82. The number of rotatable bonds is 5. The predicted molar refractivity (Wildman–Crippen MR) is 50.2 cm³/mol. The molecule has 0 aliphatic carbocycles. The molecular weight excluding hydrogens is 156 g/mol. The molecule has 3 heteroatoms. The van der Waals surface area contributed by atoms with Crippen LogP contribution in [0.15, 0.2) is 0 Å². The zero-order valence-corrected chi connectivity index (χ0v) is 8.42. The summed E-state index contributed by atoms with van der Waals surface area (Å²) in [7, 11) is 0. The van der Waals surface area contributed by atoms with Gasteiger partial charge in [-0.05, 0) is 19.8 Å². The van der Waals surface area contributed by atoms with Crippen molar-refractivity contribution in [2.45, 2.75) is 39.7 Å². The lowest BCUT2D eigenvalue weighted by Gasteiger charge is -1.95. The molecule has 0 radical (unpaired) electrons. The first-order valence-electron chi connectivity index (χ1n) is 4.55. The van der Waals surface area contributed by atoms with Gasteiger partial charge >= 0.3 is 0 Å². The first-order valence-corrected chi connectivity index (χ1v) is 4.55. The summed E-state index contributed by atoms with van der Waals surface area (Å²) in [6.45, 7) is 7.48. The van der Waals surface area contributed by atoms with Crippen LogP contribution in [0.5, 0.6) is 0 Å². The highest BCUT2D eigenvalue weighted by molar-refractivity contribution is 4.34. The molecule has 3 nitrogen and oxygen atoms in total. The Bertz CT molecular complexity index is 60.8. The van der Waals surface area contributed by atoms with E-state index in [1.54, 1.807) is 0 Å². The minimum absolute atomic E-state index is 0.139. The highest BCUT2D eigenvalue weighted by Crippen LogP contribution is 1.81. The van der Waals surface area contributed by atoms with Gasteiger partial charge in [-0.15, -0.1) is 0 Å². The fourth-order valence-corrected chi connectivity index (χ4v) is 0.391. The largest absolute Gasteiger partial charge is 0.394 e. The topological polar surface area (TPSA) is 49.7 Å². The van der Waals surface area contributed by atoms with Crippen LogP contribution < -0.4 is 0 Å². The minimum Gasteiger partial charge on any atom is -0.394 e. The second kappa shape index (κ2) is 13.5. The zero-order valence-electron chi connectivity index (χ0n) is 8.42. The Morgan fingerprint density at radius 1 is 1.17 bits per heavy atom. The van der Waals surface area contributed by atoms with Crippen molar-refractivity contribution in [2.24, 2.45) is 0 Å². The SMILES string of the molecule is CC(O)CO.CCCOCCC. The summed E-state index contributed by atoms with van der Waals surface area (Å²) >= 11 is 0. The van der Waals surface area contributed by atoms with Crippen molar-refractivity contribution in [3.05, 3.63) is 0 Å². The molecule has 0 aliphatic heterocycles. The van der Waals surface area contributed by atoms with Crippen molar-refractivity contribution in [3.63, 3.8) is 0 Å². The van der Waals surface area contributed by atoms with E-state index in [0.29, 0.717) is 0 Å². The maximum atomic E-state index is 8.11. The van der Waals surface area contributed by atoms with Crippen LogP contribution in [0.2, 0.25) is 0 Å². The molecule has 0 fully saturated rings. The van der Waals surface area contributed by atoms with Gasteiger partial charge in [-0.1, -0.05) is 13.8 Å². The Balaban J connectivity index is 0. The molecule has 0 saturated heterocycles. The van der Waals surface area contributed by atoms with E-state index in [-0.39, 0.29) is 6.61 Å². The number of hydrogen-bond acceptors (Lipinski definition) is 3. The van der Waals surface area contributed by atoms with Crippen molar-refractivity contribution in [2.75, 3.05) is 19.8 Å². The molecule has 0 aromatic carbocycles. The molecule has 0 aromatic rings. The van der Waals surface area contributed by atoms with Gasteiger partial charge in [0.15, 0.2) is 0 Å². The molecule has 0 saturated carbocycles. The Kier molecular flexibility index (Phi) is 16.2. The van der Waals surface area contributed by atoms with Crippen molar-refractivity contribution in [1.82, 2.24) is 0 Å². The molecule has 0 heterocycles. The third kappa shape index (κ3) is 22.5.